The van der Waals surface area contributed by atoms with Gasteiger partial charge in [-0.05, 0) is 23.3 Å². The Labute approximate surface area is 116 Å². The average molecular weight is 276 g/mol. The van der Waals surface area contributed by atoms with E-state index in [0.29, 0.717) is 5.56 Å². The number of methoxy groups -OCH3 is 1. The smallest absolute Gasteiger partial charge is 0.170 e. The molecule has 2 aromatic rings. The van der Waals surface area contributed by atoms with E-state index in [9.17, 15) is 13.6 Å². The van der Waals surface area contributed by atoms with Crippen molar-refractivity contribution < 1.29 is 18.3 Å². The molecule has 0 aliphatic heterocycles. The number of Topliss-reactive ketones (excluding diaryl/α,β-unsaturated/α-hetero) is 1. The van der Waals surface area contributed by atoms with Crippen LogP contribution >= 0.6 is 0 Å². The first-order valence-corrected chi connectivity index (χ1v) is 6.15. The van der Waals surface area contributed by atoms with Gasteiger partial charge in [-0.15, -0.1) is 0 Å². The summed E-state index contributed by atoms with van der Waals surface area (Å²) in [5, 5.41) is 0. The lowest BCUT2D eigenvalue weighted by Gasteiger charge is -2.14. The molecule has 2 rings (SSSR count). The molecule has 0 amide bonds. The van der Waals surface area contributed by atoms with E-state index < -0.39 is 17.7 Å². The fourth-order valence-electron chi connectivity index (χ4n) is 2.09. The van der Waals surface area contributed by atoms with Crippen molar-refractivity contribution in [1.29, 1.82) is 0 Å². The Morgan fingerprint density at radius 2 is 1.70 bits per heavy atom. The van der Waals surface area contributed by atoms with Gasteiger partial charge < -0.3 is 4.74 Å². The van der Waals surface area contributed by atoms with Crippen LogP contribution in [0.15, 0.2) is 48.5 Å². The third kappa shape index (κ3) is 3.48. The summed E-state index contributed by atoms with van der Waals surface area (Å²) in [5.41, 5.74) is 1.02. The van der Waals surface area contributed by atoms with Crippen LogP contribution < -0.4 is 0 Å². The van der Waals surface area contributed by atoms with Gasteiger partial charge in [0.1, 0.15) is 17.7 Å². The van der Waals surface area contributed by atoms with Crippen LogP contribution in [0.5, 0.6) is 0 Å². The minimum Gasteiger partial charge on any atom is -0.369 e. The summed E-state index contributed by atoms with van der Waals surface area (Å²) in [5.74, 6) is -1.63. The number of halogens is 2. The van der Waals surface area contributed by atoms with Crippen LogP contribution in [-0.2, 0) is 16.0 Å². The van der Waals surface area contributed by atoms with Gasteiger partial charge in [-0.2, -0.15) is 0 Å². The molecule has 0 N–H and O–H groups in total. The zero-order chi connectivity index (χ0) is 14.5. The van der Waals surface area contributed by atoms with Crippen molar-refractivity contribution in [2.45, 2.75) is 12.5 Å². The molecule has 2 nitrogen and oxygen atoms in total. The highest BCUT2D eigenvalue weighted by Gasteiger charge is 2.20. The predicted molar refractivity (Wildman–Crippen MR) is 71.3 cm³/mol. The predicted octanol–water partition coefficient (Wildman–Crippen LogP) is 3.46. The van der Waals surface area contributed by atoms with Gasteiger partial charge in [-0.25, -0.2) is 8.78 Å². The largest absolute Gasteiger partial charge is 0.369 e. The van der Waals surface area contributed by atoms with Gasteiger partial charge in [0.2, 0.25) is 0 Å². The van der Waals surface area contributed by atoms with Gasteiger partial charge in [-0.1, -0.05) is 30.3 Å². The van der Waals surface area contributed by atoms with Crippen molar-refractivity contribution in [2.24, 2.45) is 0 Å². The topological polar surface area (TPSA) is 26.3 Å². The van der Waals surface area contributed by atoms with Gasteiger partial charge in [0.25, 0.3) is 0 Å². The number of carbonyl (C=O) groups is 1. The fraction of sp³-hybridized carbons (Fsp3) is 0.188. The van der Waals surface area contributed by atoms with E-state index >= 15 is 0 Å². The van der Waals surface area contributed by atoms with E-state index in [-0.39, 0.29) is 12.2 Å². The van der Waals surface area contributed by atoms with Crippen molar-refractivity contribution in [3.63, 3.8) is 0 Å². The average Bonchev–Trinajstić information content (AvgIpc) is 2.39. The molecule has 0 heterocycles. The Balaban J connectivity index is 2.18. The lowest BCUT2D eigenvalue weighted by Crippen LogP contribution is -2.17. The molecule has 0 aliphatic rings. The van der Waals surface area contributed by atoms with Crippen molar-refractivity contribution in [1.82, 2.24) is 0 Å². The van der Waals surface area contributed by atoms with E-state index in [2.05, 4.69) is 0 Å². The quantitative estimate of drug-likeness (QED) is 0.836. The lowest BCUT2D eigenvalue weighted by atomic mass is 10.00. The molecule has 1 unspecified atom stereocenters. The van der Waals surface area contributed by atoms with E-state index in [0.717, 1.165) is 23.8 Å². The molecule has 0 aromatic heterocycles. The highest BCUT2D eigenvalue weighted by molar-refractivity contribution is 5.86. The summed E-state index contributed by atoms with van der Waals surface area (Å²) in [4.78, 5) is 12.2. The number of ether oxygens (including phenoxy) is 1. The Morgan fingerprint density at radius 1 is 1.10 bits per heavy atom. The molecular weight excluding hydrogens is 262 g/mol. The molecule has 1 atom stereocenters. The molecule has 0 aliphatic carbocycles. The van der Waals surface area contributed by atoms with Crippen molar-refractivity contribution in [3.8, 4) is 0 Å². The van der Waals surface area contributed by atoms with Crippen LogP contribution in [0.25, 0.3) is 0 Å². The minimum atomic E-state index is -0.734. The first kappa shape index (κ1) is 14.3. The molecule has 0 saturated heterocycles. The summed E-state index contributed by atoms with van der Waals surface area (Å²) in [6.07, 6.45) is -0.815. The Hall–Kier alpha value is -2.07. The second-order valence-corrected chi connectivity index (χ2v) is 4.45. The van der Waals surface area contributed by atoms with Gasteiger partial charge >= 0.3 is 0 Å². The number of ketones is 1. The highest BCUT2D eigenvalue weighted by atomic mass is 19.1. The number of benzene rings is 2. The second-order valence-electron chi connectivity index (χ2n) is 4.45. The van der Waals surface area contributed by atoms with Gasteiger partial charge in [0.05, 0.1) is 0 Å². The molecule has 0 fully saturated rings. The first-order valence-electron chi connectivity index (χ1n) is 6.15. The maximum absolute atomic E-state index is 13.1. The molecule has 2 aromatic carbocycles. The molecule has 0 bridgehead atoms. The Morgan fingerprint density at radius 3 is 2.25 bits per heavy atom. The molecule has 20 heavy (non-hydrogen) atoms. The summed E-state index contributed by atoms with van der Waals surface area (Å²) < 4.78 is 31.4. The third-order valence-electron chi connectivity index (χ3n) is 2.93. The maximum Gasteiger partial charge on any atom is 0.170 e. The standard InChI is InChI=1S/C16H14F2O2/c1-20-16(12-5-3-2-4-6-12)15(19)9-11-7-13(17)10-14(18)8-11/h2-8,10,16H,9H2,1H3. The number of hydrogen-bond acceptors (Lipinski definition) is 2. The summed E-state index contributed by atoms with van der Waals surface area (Å²) in [6, 6.07) is 12.1. The fourth-order valence-corrected chi connectivity index (χ4v) is 2.09. The van der Waals surface area contributed by atoms with Crippen LogP contribution in [0.3, 0.4) is 0 Å². The number of hydrogen-bond donors (Lipinski definition) is 0. The van der Waals surface area contributed by atoms with Gasteiger partial charge in [-0.3, -0.25) is 4.79 Å². The SMILES string of the molecule is COC(C(=O)Cc1cc(F)cc(F)c1)c1ccccc1. The Bertz CT molecular complexity index is 576. The van der Waals surface area contributed by atoms with E-state index in [1.807, 2.05) is 6.07 Å². The van der Waals surface area contributed by atoms with Crippen LogP contribution in [0.1, 0.15) is 17.2 Å². The van der Waals surface area contributed by atoms with Crippen molar-refractivity contribution in [2.75, 3.05) is 7.11 Å². The molecule has 0 radical (unpaired) electrons. The second kappa shape index (κ2) is 6.39. The van der Waals surface area contributed by atoms with E-state index in [1.54, 1.807) is 24.3 Å². The molecule has 104 valence electrons. The van der Waals surface area contributed by atoms with Crippen LogP contribution in [-0.4, -0.2) is 12.9 Å². The molecule has 0 saturated carbocycles. The normalized spacial score (nSPS) is 12.2. The van der Waals surface area contributed by atoms with E-state index in [4.69, 9.17) is 4.74 Å². The summed E-state index contributed by atoms with van der Waals surface area (Å²) in [7, 11) is 1.43. The molecule has 4 heteroatoms. The highest BCUT2D eigenvalue weighted by Crippen LogP contribution is 2.20. The van der Waals surface area contributed by atoms with E-state index in [1.165, 1.54) is 7.11 Å². The number of rotatable bonds is 5. The minimum absolute atomic E-state index is 0.0813. The summed E-state index contributed by atoms with van der Waals surface area (Å²) >= 11 is 0. The Kier molecular flexibility index (Phi) is 4.58. The lowest BCUT2D eigenvalue weighted by molar-refractivity contribution is -0.128. The van der Waals surface area contributed by atoms with Crippen LogP contribution in [0, 0.1) is 11.6 Å². The zero-order valence-electron chi connectivity index (χ0n) is 11.0. The first-order chi connectivity index (χ1) is 9.60. The molecular formula is C16H14F2O2. The monoisotopic (exact) mass is 276 g/mol. The van der Waals surface area contributed by atoms with Crippen molar-refractivity contribution in [3.05, 3.63) is 71.3 Å². The van der Waals surface area contributed by atoms with Crippen LogP contribution in [0.4, 0.5) is 8.78 Å². The van der Waals surface area contributed by atoms with Crippen molar-refractivity contribution >= 4 is 5.78 Å². The summed E-state index contributed by atoms with van der Waals surface area (Å²) in [6.45, 7) is 0. The maximum atomic E-state index is 13.1. The zero-order valence-corrected chi connectivity index (χ0v) is 11.0. The van der Waals surface area contributed by atoms with Gasteiger partial charge in [0.15, 0.2) is 5.78 Å². The molecule has 0 spiro atoms. The van der Waals surface area contributed by atoms with Gasteiger partial charge in [0, 0.05) is 19.6 Å². The third-order valence-corrected chi connectivity index (χ3v) is 2.93. The number of carbonyl (C=O) groups excluding carboxylic acids is 1. The van der Waals surface area contributed by atoms with Crippen LogP contribution in [0.2, 0.25) is 0 Å².